The van der Waals surface area contributed by atoms with Gasteiger partial charge in [0.15, 0.2) is 6.61 Å². The zero-order chi connectivity index (χ0) is 21.7. The Bertz CT molecular complexity index is 958. The zero-order valence-corrected chi connectivity index (χ0v) is 16.4. The summed E-state index contributed by atoms with van der Waals surface area (Å²) in [5, 5.41) is 2.16. The van der Waals surface area contributed by atoms with E-state index in [2.05, 4.69) is 10.2 Å². The maximum atomic E-state index is 12.8. The Kier molecular flexibility index (Phi) is 7.01. The Morgan fingerprint density at radius 2 is 1.97 bits per heavy atom. The molecule has 2 aromatic rings. The van der Waals surface area contributed by atoms with Crippen LogP contribution in [0, 0.1) is 0 Å². The highest BCUT2D eigenvalue weighted by molar-refractivity contribution is 6.33. The van der Waals surface area contributed by atoms with E-state index in [1.807, 2.05) is 0 Å². The summed E-state index contributed by atoms with van der Waals surface area (Å²) in [5.74, 6) is -0.534. The lowest BCUT2D eigenvalue weighted by Gasteiger charge is -2.25. The van der Waals surface area contributed by atoms with Gasteiger partial charge in [-0.1, -0.05) is 11.6 Å². The number of nitrogens with one attached hydrogen (secondary N) is 1. The van der Waals surface area contributed by atoms with Gasteiger partial charge in [0.05, 0.1) is 36.0 Å². The van der Waals surface area contributed by atoms with E-state index in [9.17, 15) is 22.8 Å². The minimum absolute atomic E-state index is 0.0664. The Labute approximate surface area is 174 Å². The Hall–Kier alpha value is -2.56. The fourth-order valence-electron chi connectivity index (χ4n) is 2.73. The molecule has 1 saturated heterocycles. The molecule has 0 unspecified atom stereocenters. The normalized spacial score (nSPS) is 15.1. The maximum Gasteiger partial charge on any atom is 0.416 e. The minimum atomic E-state index is -4.58. The standard InChI is InChI=1S/C19H18ClF3N2O5/c20-14-2-1-12(19(21,22)23)7-15(14)24-18(27)11-30-17-10-29-13(8-16(17)26)9-25-3-5-28-6-4-25/h1-2,7-8,10H,3-6,9,11H2,(H,24,27). The second-order valence-electron chi connectivity index (χ2n) is 6.49. The average molecular weight is 447 g/mol. The number of hydrogen-bond acceptors (Lipinski definition) is 6. The quantitative estimate of drug-likeness (QED) is 0.734. The van der Waals surface area contributed by atoms with Gasteiger partial charge in [0.2, 0.25) is 11.2 Å². The Morgan fingerprint density at radius 3 is 2.63 bits per heavy atom. The predicted molar refractivity (Wildman–Crippen MR) is 102 cm³/mol. The monoisotopic (exact) mass is 446 g/mol. The molecule has 0 saturated carbocycles. The first-order valence-electron chi connectivity index (χ1n) is 8.93. The molecule has 0 radical (unpaired) electrons. The van der Waals surface area contributed by atoms with E-state index in [0.717, 1.165) is 37.6 Å². The minimum Gasteiger partial charge on any atom is -0.477 e. The van der Waals surface area contributed by atoms with Crippen LogP contribution in [-0.2, 0) is 22.3 Å². The highest BCUT2D eigenvalue weighted by Gasteiger charge is 2.31. The van der Waals surface area contributed by atoms with Gasteiger partial charge in [0.25, 0.3) is 5.91 Å². The molecule has 11 heteroatoms. The first-order chi connectivity index (χ1) is 14.2. The van der Waals surface area contributed by atoms with E-state index in [-0.39, 0.29) is 16.5 Å². The van der Waals surface area contributed by atoms with Crippen molar-refractivity contribution < 1.29 is 31.9 Å². The number of alkyl halides is 3. The number of carbonyl (C=O) groups is 1. The maximum absolute atomic E-state index is 12.8. The molecule has 2 heterocycles. The molecule has 0 aliphatic carbocycles. The molecule has 1 aromatic heterocycles. The number of halogens is 4. The molecule has 7 nitrogen and oxygen atoms in total. The van der Waals surface area contributed by atoms with Gasteiger partial charge in [-0.05, 0) is 18.2 Å². The van der Waals surface area contributed by atoms with Gasteiger partial charge in [-0.25, -0.2) is 0 Å². The van der Waals surface area contributed by atoms with Crippen LogP contribution in [0.5, 0.6) is 5.75 Å². The number of ether oxygens (including phenoxy) is 2. The van der Waals surface area contributed by atoms with Crippen molar-refractivity contribution in [2.75, 3.05) is 38.2 Å². The fourth-order valence-corrected chi connectivity index (χ4v) is 2.90. The first kappa shape index (κ1) is 22.1. The van der Waals surface area contributed by atoms with Crippen molar-refractivity contribution in [2.24, 2.45) is 0 Å². The molecule has 30 heavy (non-hydrogen) atoms. The topological polar surface area (TPSA) is 81.0 Å². The third-order valence-corrected chi connectivity index (χ3v) is 4.59. The van der Waals surface area contributed by atoms with Crippen LogP contribution in [0.1, 0.15) is 11.3 Å². The van der Waals surface area contributed by atoms with E-state index in [4.69, 9.17) is 25.5 Å². The van der Waals surface area contributed by atoms with Crippen LogP contribution in [0.25, 0.3) is 0 Å². The number of amides is 1. The average Bonchev–Trinajstić information content (AvgIpc) is 2.69. The summed E-state index contributed by atoms with van der Waals surface area (Å²) in [4.78, 5) is 26.2. The molecule has 0 spiro atoms. The SMILES string of the molecule is O=C(COc1coc(CN2CCOCC2)cc1=O)Nc1cc(C(F)(F)F)ccc1Cl. The molecule has 0 atom stereocenters. The summed E-state index contributed by atoms with van der Waals surface area (Å²) in [6.45, 7) is 2.49. The number of benzene rings is 1. The van der Waals surface area contributed by atoms with Gasteiger partial charge in [-0.2, -0.15) is 13.2 Å². The van der Waals surface area contributed by atoms with Crippen molar-refractivity contribution in [3.8, 4) is 5.75 Å². The predicted octanol–water partition coefficient (Wildman–Crippen LogP) is 3.16. The van der Waals surface area contributed by atoms with Gasteiger partial charge in [-0.3, -0.25) is 14.5 Å². The van der Waals surface area contributed by atoms with Gasteiger partial charge >= 0.3 is 6.18 Å². The fraction of sp³-hybridized carbons (Fsp3) is 0.368. The Balaban J connectivity index is 1.57. The van der Waals surface area contributed by atoms with Gasteiger partial charge in [-0.15, -0.1) is 0 Å². The van der Waals surface area contributed by atoms with Crippen molar-refractivity contribution in [1.29, 1.82) is 0 Å². The first-order valence-corrected chi connectivity index (χ1v) is 9.31. The zero-order valence-electron chi connectivity index (χ0n) is 15.6. The van der Waals surface area contributed by atoms with Crippen LogP contribution in [0.15, 0.2) is 39.7 Å². The molecular weight excluding hydrogens is 429 g/mol. The molecule has 1 N–H and O–H groups in total. The number of anilines is 1. The number of morpholine rings is 1. The summed E-state index contributed by atoms with van der Waals surface area (Å²) in [5.41, 5.74) is -1.65. The molecule has 3 rings (SSSR count). The van der Waals surface area contributed by atoms with Gasteiger partial charge < -0.3 is 19.2 Å². The van der Waals surface area contributed by atoms with Crippen LogP contribution in [0.2, 0.25) is 5.02 Å². The van der Waals surface area contributed by atoms with Crippen LogP contribution >= 0.6 is 11.6 Å². The van der Waals surface area contributed by atoms with Gasteiger partial charge in [0.1, 0.15) is 12.0 Å². The number of carbonyl (C=O) groups excluding carboxylic acids is 1. The summed E-state index contributed by atoms with van der Waals surface area (Å²) < 4.78 is 54.2. The Morgan fingerprint density at radius 1 is 1.23 bits per heavy atom. The van der Waals surface area contributed by atoms with Crippen LogP contribution in [0.3, 0.4) is 0 Å². The summed E-state index contributed by atoms with van der Waals surface area (Å²) in [7, 11) is 0. The summed E-state index contributed by atoms with van der Waals surface area (Å²) in [6, 6.07) is 3.82. The van der Waals surface area contributed by atoms with Crippen molar-refractivity contribution in [3.05, 3.63) is 57.1 Å². The van der Waals surface area contributed by atoms with Crippen molar-refractivity contribution in [3.63, 3.8) is 0 Å². The third-order valence-electron chi connectivity index (χ3n) is 4.26. The van der Waals surface area contributed by atoms with E-state index in [1.165, 1.54) is 6.07 Å². The summed E-state index contributed by atoms with van der Waals surface area (Å²) in [6.07, 6.45) is -3.48. The van der Waals surface area contributed by atoms with Crippen LogP contribution < -0.4 is 15.5 Å². The molecule has 1 amide bonds. The largest absolute Gasteiger partial charge is 0.477 e. The van der Waals surface area contributed by atoms with E-state index >= 15 is 0 Å². The number of hydrogen-bond donors (Lipinski definition) is 1. The van der Waals surface area contributed by atoms with E-state index in [1.54, 1.807) is 0 Å². The molecular formula is C19H18ClF3N2O5. The highest BCUT2D eigenvalue weighted by atomic mass is 35.5. The number of rotatable bonds is 6. The molecule has 1 aromatic carbocycles. The molecule has 1 fully saturated rings. The van der Waals surface area contributed by atoms with E-state index < -0.39 is 29.7 Å². The molecule has 1 aliphatic rings. The van der Waals surface area contributed by atoms with Crippen LogP contribution in [0.4, 0.5) is 18.9 Å². The van der Waals surface area contributed by atoms with Crippen molar-refractivity contribution in [1.82, 2.24) is 4.90 Å². The molecule has 1 aliphatic heterocycles. The van der Waals surface area contributed by atoms with Crippen molar-refractivity contribution >= 4 is 23.2 Å². The molecule has 162 valence electrons. The number of nitrogens with zero attached hydrogens (tertiary/aromatic N) is 1. The smallest absolute Gasteiger partial charge is 0.416 e. The summed E-state index contributed by atoms with van der Waals surface area (Å²) >= 11 is 5.83. The second-order valence-corrected chi connectivity index (χ2v) is 6.90. The van der Waals surface area contributed by atoms with Crippen LogP contribution in [-0.4, -0.2) is 43.7 Å². The molecule has 0 bridgehead atoms. The van der Waals surface area contributed by atoms with E-state index in [0.29, 0.717) is 25.5 Å². The lowest BCUT2D eigenvalue weighted by molar-refractivity contribution is -0.137. The third kappa shape index (κ3) is 5.97. The lowest BCUT2D eigenvalue weighted by atomic mass is 10.2. The van der Waals surface area contributed by atoms with Crippen molar-refractivity contribution in [2.45, 2.75) is 12.7 Å². The van der Waals surface area contributed by atoms with Gasteiger partial charge in [0, 0.05) is 19.2 Å². The highest BCUT2D eigenvalue weighted by Crippen LogP contribution is 2.33. The lowest BCUT2D eigenvalue weighted by Crippen LogP contribution is -2.35. The second kappa shape index (κ2) is 9.50.